The Labute approximate surface area is 296 Å². The normalized spacial score (nSPS) is 15.0. The molecule has 11 heteroatoms. The molecule has 3 N–H and O–H groups in total. The number of esters is 1. The van der Waals surface area contributed by atoms with Gasteiger partial charge in [-0.05, 0) is 92.2 Å². The van der Waals surface area contributed by atoms with Gasteiger partial charge in [0.05, 0.1) is 40.8 Å². The maximum absolute atomic E-state index is 12.4. The SMILES string of the molecule is C.CC(C)(C)CC(=O)Nc1nc2ccc(CO)cc2n1C1CCC1.CCOC(=O)c1ccc2nc(NC(=O)CC(C)(C)C)n(C3CCC3)c2c1. The molecular formula is C39H56N6O5. The first kappa shape index (κ1) is 38.6. The van der Waals surface area contributed by atoms with Gasteiger partial charge < -0.3 is 19.0 Å². The molecule has 0 unspecified atom stereocenters. The Kier molecular flexibility index (Phi) is 12.1. The number of nitrogens with zero attached hydrogens (tertiary/aromatic N) is 4. The molecule has 0 spiro atoms. The molecule has 272 valence electrons. The average molecular weight is 689 g/mol. The van der Waals surface area contributed by atoms with Crippen LogP contribution in [0.4, 0.5) is 11.9 Å². The number of benzene rings is 2. The minimum Gasteiger partial charge on any atom is -0.462 e. The number of rotatable bonds is 9. The maximum atomic E-state index is 12.4. The van der Waals surface area contributed by atoms with Crippen LogP contribution in [0.1, 0.15) is 135 Å². The van der Waals surface area contributed by atoms with Crippen LogP contribution in [0.3, 0.4) is 0 Å². The third-order valence-corrected chi connectivity index (χ3v) is 8.90. The number of aliphatic hydroxyl groups is 1. The molecule has 6 rings (SSSR count). The summed E-state index contributed by atoms with van der Waals surface area (Å²) in [6, 6.07) is 11.8. The smallest absolute Gasteiger partial charge is 0.338 e. The second kappa shape index (κ2) is 15.7. The van der Waals surface area contributed by atoms with Gasteiger partial charge in [-0.15, -0.1) is 0 Å². The molecule has 50 heavy (non-hydrogen) atoms. The van der Waals surface area contributed by atoms with Gasteiger partial charge in [0.1, 0.15) is 0 Å². The van der Waals surface area contributed by atoms with E-state index in [0.717, 1.165) is 59.7 Å². The number of nitrogens with one attached hydrogen (secondary N) is 2. The Bertz CT molecular complexity index is 1820. The van der Waals surface area contributed by atoms with E-state index in [9.17, 15) is 19.5 Å². The lowest BCUT2D eigenvalue weighted by Crippen LogP contribution is -2.24. The van der Waals surface area contributed by atoms with E-state index in [1.807, 2.05) is 51.1 Å². The molecule has 2 aromatic carbocycles. The first-order valence-corrected chi connectivity index (χ1v) is 17.6. The fourth-order valence-electron chi connectivity index (χ4n) is 6.18. The molecule has 2 aliphatic carbocycles. The van der Waals surface area contributed by atoms with Gasteiger partial charge in [0, 0.05) is 24.9 Å². The largest absolute Gasteiger partial charge is 0.462 e. The lowest BCUT2D eigenvalue weighted by atomic mass is 9.92. The Balaban J connectivity index is 0.000000222. The lowest BCUT2D eigenvalue weighted by Gasteiger charge is -2.29. The highest BCUT2D eigenvalue weighted by atomic mass is 16.5. The first-order chi connectivity index (χ1) is 23.2. The number of anilines is 2. The second-order valence-electron chi connectivity index (χ2n) is 15.8. The summed E-state index contributed by atoms with van der Waals surface area (Å²) in [5, 5.41) is 15.3. The van der Waals surface area contributed by atoms with Gasteiger partial charge in [0.15, 0.2) is 0 Å². The molecule has 0 radical (unpaired) electrons. The molecule has 0 aliphatic heterocycles. The van der Waals surface area contributed by atoms with E-state index in [4.69, 9.17) is 4.74 Å². The summed E-state index contributed by atoms with van der Waals surface area (Å²) in [6.07, 6.45) is 7.58. The lowest BCUT2D eigenvalue weighted by molar-refractivity contribution is -0.118. The Morgan fingerprint density at radius 3 is 1.64 bits per heavy atom. The van der Waals surface area contributed by atoms with Crippen LogP contribution in [-0.2, 0) is 20.9 Å². The number of fused-ring (bicyclic) bond motifs is 2. The molecule has 2 amide bonds. The minimum atomic E-state index is -0.339. The summed E-state index contributed by atoms with van der Waals surface area (Å²) in [6.45, 7) is 14.4. The van der Waals surface area contributed by atoms with Crippen molar-refractivity contribution in [2.24, 2.45) is 10.8 Å². The van der Waals surface area contributed by atoms with Crippen molar-refractivity contribution in [3.8, 4) is 0 Å². The average Bonchev–Trinajstić information content (AvgIpc) is 3.46. The zero-order valence-corrected chi connectivity index (χ0v) is 30.1. The van der Waals surface area contributed by atoms with Gasteiger partial charge >= 0.3 is 5.97 Å². The molecule has 11 nitrogen and oxygen atoms in total. The summed E-state index contributed by atoms with van der Waals surface area (Å²) in [5.41, 5.74) is 4.73. The predicted octanol–water partition coefficient (Wildman–Crippen LogP) is 8.58. The van der Waals surface area contributed by atoms with Gasteiger partial charge in [-0.2, -0.15) is 0 Å². The molecule has 4 aromatic rings. The summed E-state index contributed by atoms with van der Waals surface area (Å²) in [4.78, 5) is 46.0. The van der Waals surface area contributed by atoms with Crippen molar-refractivity contribution < 1.29 is 24.2 Å². The van der Waals surface area contributed by atoms with Crippen LogP contribution in [0.5, 0.6) is 0 Å². The van der Waals surface area contributed by atoms with Crippen molar-refractivity contribution in [3.63, 3.8) is 0 Å². The van der Waals surface area contributed by atoms with Crippen LogP contribution in [0, 0.1) is 10.8 Å². The number of ether oxygens (including phenoxy) is 1. The summed E-state index contributed by atoms with van der Waals surface area (Å²) in [7, 11) is 0. The summed E-state index contributed by atoms with van der Waals surface area (Å²) in [5.74, 6) is 0.817. The van der Waals surface area contributed by atoms with Gasteiger partial charge in [-0.3, -0.25) is 20.2 Å². The van der Waals surface area contributed by atoms with E-state index in [1.165, 1.54) is 6.42 Å². The first-order valence-electron chi connectivity index (χ1n) is 17.6. The zero-order valence-electron chi connectivity index (χ0n) is 30.1. The van der Waals surface area contributed by atoms with E-state index < -0.39 is 0 Å². The van der Waals surface area contributed by atoms with Crippen LogP contribution < -0.4 is 10.6 Å². The minimum absolute atomic E-state index is 0. The summed E-state index contributed by atoms with van der Waals surface area (Å²) >= 11 is 0. The Morgan fingerprint density at radius 1 is 0.780 bits per heavy atom. The van der Waals surface area contributed by atoms with E-state index in [1.54, 1.807) is 13.0 Å². The molecule has 2 aliphatic rings. The standard InChI is InChI=1S/C20H27N3O3.C18H25N3O2.CH4/c1-5-26-18(25)13-9-10-15-16(11-13)23(14-7-6-8-14)19(21-15)22-17(24)12-20(2,3)4;1-18(2,3)10-16(23)20-17-19-14-8-7-12(11-22)9-15(14)21(17)13-5-4-6-13;/h9-11,14H,5-8,12H2,1-4H3,(H,21,22,24);7-9,13,22H,4-6,10-11H2,1-3H3,(H,19,20,23);1H4. The number of carbonyl (C=O) groups excluding carboxylic acids is 3. The Hall–Kier alpha value is -4.25. The van der Waals surface area contributed by atoms with Crippen LogP contribution in [-0.4, -0.2) is 48.6 Å². The number of aromatic nitrogens is 4. The van der Waals surface area contributed by atoms with E-state index in [-0.39, 0.29) is 42.6 Å². The van der Waals surface area contributed by atoms with Gasteiger partial charge in [0.2, 0.25) is 23.7 Å². The highest BCUT2D eigenvalue weighted by Gasteiger charge is 2.28. The van der Waals surface area contributed by atoms with Crippen molar-refractivity contribution in [2.45, 2.75) is 126 Å². The summed E-state index contributed by atoms with van der Waals surface area (Å²) < 4.78 is 9.31. The molecule has 2 heterocycles. The quantitative estimate of drug-likeness (QED) is 0.150. The van der Waals surface area contributed by atoms with Crippen LogP contribution in [0.2, 0.25) is 0 Å². The number of carbonyl (C=O) groups is 3. The number of hydrogen-bond donors (Lipinski definition) is 3. The number of aliphatic hydroxyl groups excluding tert-OH is 1. The van der Waals surface area contributed by atoms with Gasteiger partial charge in [0.25, 0.3) is 0 Å². The maximum Gasteiger partial charge on any atom is 0.338 e. The van der Waals surface area contributed by atoms with E-state index in [2.05, 4.69) is 50.5 Å². The van der Waals surface area contributed by atoms with Crippen molar-refractivity contribution >= 4 is 51.7 Å². The molecule has 0 atom stereocenters. The second-order valence-corrected chi connectivity index (χ2v) is 15.8. The fraction of sp³-hybridized carbons (Fsp3) is 0.564. The fourth-order valence-corrected chi connectivity index (χ4v) is 6.18. The third-order valence-electron chi connectivity index (χ3n) is 8.90. The van der Waals surface area contributed by atoms with Crippen molar-refractivity contribution in [1.29, 1.82) is 0 Å². The molecule has 2 aromatic heterocycles. The van der Waals surface area contributed by atoms with Crippen molar-refractivity contribution in [3.05, 3.63) is 47.5 Å². The molecule has 2 fully saturated rings. The third kappa shape index (κ3) is 9.29. The molecule has 0 saturated heterocycles. The van der Waals surface area contributed by atoms with Crippen molar-refractivity contribution in [2.75, 3.05) is 17.2 Å². The van der Waals surface area contributed by atoms with E-state index >= 15 is 0 Å². The zero-order chi connectivity index (χ0) is 35.5. The predicted molar refractivity (Wildman–Crippen MR) is 199 cm³/mol. The van der Waals surface area contributed by atoms with Crippen molar-refractivity contribution in [1.82, 2.24) is 19.1 Å². The highest BCUT2D eigenvalue weighted by molar-refractivity contribution is 5.96. The molecular weight excluding hydrogens is 632 g/mol. The number of amides is 2. The topological polar surface area (TPSA) is 140 Å². The Morgan fingerprint density at radius 2 is 1.24 bits per heavy atom. The van der Waals surface area contributed by atoms with E-state index in [0.29, 0.717) is 49.0 Å². The van der Waals surface area contributed by atoms with Gasteiger partial charge in [-0.1, -0.05) is 55.0 Å². The number of hydrogen-bond acceptors (Lipinski definition) is 7. The molecule has 2 saturated carbocycles. The highest BCUT2D eigenvalue weighted by Crippen LogP contribution is 2.39. The van der Waals surface area contributed by atoms with Crippen LogP contribution in [0.25, 0.3) is 22.1 Å². The van der Waals surface area contributed by atoms with Gasteiger partial charge in [-0.25, -0.2) is 14.8 Å². The van der Waals surface area contributed by atoms with Crippen LogP contribution in [0.15, 0.2) is 36.4 Å². The molecule has 0 bridgehead atoms. The monoisotopic (exact) mass is 688 g/mol. The van der Waals surface area contributed by atoms with Crippen LogP contribution >= 0.6 is 0 Å². The number of imidazole rings is 2.